The SMILES string of the molecule is N#CC(=Cc1cn(CCOc2ccccc2)c2ccccc12)C(=O)Nc1nnc(N2CCOCC2)s1. The molecule has 36 heavy (non-hydrogen) atoms. The zero-order chi connectivity index (χ0) is 24.7. The predicted octanol–water partition coefficient (Wildman–Crippen LogP) is 3.95. The molecule has 5 rings (SSSR count). The van der Waals surface area contributed by atoms with Crippen molar-refractivity contribution in [2.24, 2.45) is 0 Å². The summed E-state index contributed by atoms with van der Waals surface area (Å²) in [5.74, 6) is 0.289. The van der Waals surface area contributed by atoms with Gasteiger partial charge in [-0.1, -0.05) is 47.7 Å². The zero-order valence-electron chi connectivity index (χ0n) is 19.5. The van der Waals surface area contributed by atoms with Crippen molar-refractivity contribution < 1.29 is 14.3 Å². The summed E-state index contributed by atoms with van der Waals surface area (Å²) in [4.78, 5) is 14.9. The molecule has 0 bridgehead atoms. The number of anilines is 2. The number of benzene rings is 2. The van der Waals surface area contributed by atoms with Crippen molar-refractivity contribution in [3.8, 4) is 11.8 Å². The molecule has 10 heteroatoms. The van der Waals surface area contributed by atoms with Crippen molar-refractivity contribution in [3.05, 3.63) is 71.9 Å². The van der Waals surface area contributed by atoms with Gasteiger partial charge in [0.05, 0.1) is 19.8 Å². The van der Waals surface area contributed by atoms with Crippen LogP contribution in [0.2, 0.25) is 0 Å². The van der Waals surface area contributed by atoms with Gasteiger partial charge < -0.3 is 18.9 Å². The largest absolute Gasteiger partial charge is 0.492 e. The highest BCUT2D eigenvalue weighted by atomic mass is 32.1. The van der Waals surface area contributed by atoms with Crippen molar-refractivity contribution in [1.82, 2.24) is 14.8 Å². The van der Waals surface area contributed by atoms with Crippen LogP contribution in [0.3, 0.4) is 0 Å². The van der Waals surface area contributed by atoms with Crippen LogP contribution >= 0.6 is 11.3 Å². The molecule has 2 aromatic carbocycles. The van der Waals surface area contributed by atoms with Crippen molar-refractivity contribution in [2.75, 3.05) is 43.1 Å². The molecule has 0 radical (unpaired) electrons. The summed E-state index contributed by atoms with van der Waals surface area (Å²) < 4.78 is 13.3. The van der Waals surface area contributed by atoms with Gasteiger partial charge in [0.2, 0.25) is 10.3 Å². The average Bonchev–Trinajstić information content (AvgIpc) is 3.53. The highest BCUT2D eigenvalue weighted by molar-refractivity contribution is 7.19. The molecule has 1 N–H and O–H groups in total. The average molecular weight is 501 g/mol. The van der Waals surface area contributed by atoms with Gasteiger partial charge in [0.25, 0.3) is 5.91 Å². The van der Waals surface area contributed by atoms with Crippen molar-refractivity contribution >= 4 is 44.5 Å². The van der Waals surface area contributed by atoms with Gasteiger partial charge in [0.15, 0.2) is 0 Å². The molecule has 4 aromatic rings. The van der Waals surface area contributed by atoms with E-state index in [9.17, 15) is 10.1 Å². The van der Waals surface area contributed by atoms with E-state index < -0.39 is 5.91 Å². The summed E-state index contributed by atoms with van der Waals surface area (Å²) in [5.41, 5.74) is 1.77. The Morgan fingerprint density at radius 3 is 2.72 bits per heavy atom. The van der Waals surface area contributed by atoms with E-state index in [0.29, 0.717) is 31.5 Å². The first-order chi connectivity index (χ1) is 17.7. The van der Waals surface area contributed by atoms with Gasteiger partial charge in [-0.15, -0.1) is 10.2 Å². The molecule has 0 unspecified atom stereocenters. The molecule has 1 saturated heterocycles. The lowest BCUT2D eigenvalue weighted by atomic mass is 10.1. The lowest BCUT2D eigenvalue weighted by molar-refractivity contribution is -0.112. The minimum absolute atomic E-state index is 0.0124. The molecule has 1 fully saturated rings. The minimum Gasteiger partial charge on any atom is -0.492 e. The van der Waals surface area contributed by atoms with Gasteiger partial charge >= 0.3 is 0 Å². The number of ether oxygens (including phenoxy) is 2. The third-order valence-corrected chi connectivity index (χ3v) is 6.64. The number of nitrogens with zero attached hydrogens (tertiary/aromatic N) is 5. The molecule has 3 heterocycles. The summed E-state index contributed by atoms with van der Waals surface area (Å²) in [5, 5.41) is 22.7. The Morgan fingerprint density at radius 2 is 1.92 bits per heavy atom. The van der Waals surface area contributed by atoms with Crippen LogP contribution in [0.1, 0.15) is 5.56 Å². The number of aromatic nitrogens is 3. The van der Waals surface area contributed by atoms with Crippen LogP contribution in [0.15, 0.2) is 66.4 Å². The standard InChI is InChI=1S/C26H24N6O3S/c27-17-19(24(33)28-25-29-30-26(36-25)31-10-13-34-14-11-31)16-20-18-32(23-9-5-4-8-22(20)23)12-15-35-21-6-2-1-3-7-21/h1-9,16,18H,10-15H2,(H,28,29,33). The molecule has 2 aromatic heterocycles. The Kier molecular flexibility index (Phi) is 7.21. The van der Waals surface area contributed by atoms with Gasteiger partial charge in [0, 0.05) is 35.8 Å². The van der Waals surface area contributed by atoms with Crippen LogP contribution in [0.25, 0.3) is 17.0 Å². The topological polar surface area (TPSA) is 105 Å². The highest BCUT2D eigenvalue weighted by Crippen LogP contribution is 2.26. The quantitative estimate of drug-likeness (QED) is 0.288. The Bertz CT molecular complexity index is 1420. The number of hydrogen-bond acceptors (Lipinski definition) is 8. The molecule has 182 valence electrons. The van der Waals surface area contributed by atoms with E-state index in [1.54, 1.807) is 6.08 Å². The van der Waals surface area contributed by atoms with Crippen molar-refractivity contribution in [1.29, 1.82) is 5.26 Å². The number of nitrogens with one attached hydrogen (secondary N) is 1. The van der Waals surface area contributed by atoms with E-state index >= 15 is 0 Å². The first-order valence-electron chi connectivity index (χ1n) is 11.6. The number of nitriles is 1. The fraction of sp³-hybridized carbons (Fsp3) is 0.231. The Balaban J connectivity index is 1.31. The summed E-state index contributed by atoms with van der Waals surface area (Å²) >= 11 is 1.28. The van der Waals surface area contributed by atoms with Crippen LogP contribution < -0.4 is 15.0 Å². The van der Waals surface area contributed by atoms with Crippen molar-refractivity contribution in [3.63, 3.8) is 0 Å². The molecule has 0 atom stereocenters. The number of rotatable bonds is 8. The Hall–Kier alpha value is -4.20. The summed E-state index contributed by atoms with van der Waals surface area (Å²) in [7, 11) is 0. The second-order valence-electron chi connectivity index (χ2n) is 8.07. The third-order valence-electron chi connectivity index (χ3n) is 5.74. The molecular weight excluding hydrogens is 476 g/mol. The lowest BCUT2D eigenvalue weighted by Gasteiger charge is -2.25. The minimum atomic E-state index is -0.522. The molecule has 1 aliphatic rings. The fourth-order valence-electron chi connectivity index (χ4n) is 3.97. The van der Waals surface area contributed by atoms with Crippen LogP contribution in [0.5, 0.6) is 5.75 Å². The monoisotopic (exact) mass is 500 g/mol. The van der Waals surface area contributed by atoms with Crippen LogP contribution in [0, 0.1) is 11.3 Å². The first kappa shape index (κ1) is 23.5. The normalized spacial score (nSPS) is 14.0. The van der Waals surface area contributed by atoms with Gasteiger partial charge in [-0.25, -0.2) is 0 Å². The lowest BCUT2D eigenvalue weighted by Crippen LogP contribution is -2.36. The van der Waals surface area contributed by atoms with Gasteiger partial charge in [-0.2, -0.15) is 5.26 Å². The van der Waals surface area contributed by atoms with E-state index in [4.69, 9.17) is 9.47 Å². The predicted molar refractivity (Wildman–Crippen MR) is 139 cm³/mol. The maximum absolute atomic E-state index is 12.9. The number of fused-ring (bicyclic) bond motifs is 1. The second-order valence-corrected chi connectivity index (χ2v) is 9.03. The summed E-state index contributed by atoms with van der Waals surface area (Å²) in [6.07, 6.45) is 3.54. The molecule has 1 amide bonds. The molecule has 1 aliphatic heterocycles. The number of amides is 1. The number of para-hydroxylation sites is 2. The van der Waals surface area contributed by atoms with E-state index in [2.05, 4.69) is 25.0 Å². The fourth-order valence-corrected chi connectivity index (χ4v) is 4.76. The number of carbonyl (C=O) groups is 1. The molecule has 0 aliphatic carbocycles. The van der Waals surface area contributed by atoms with Gasteiger partial charge in [-0.05, 0) is 24.3 Å². The molecule has 9 nitrogen and oxygen atoms in total. The molecule has 0 spiro atoms. The zero-order valence-corrected chi connectivity index (χ0v) is 20.3. The van der Waals surface area contributed by atoms with Gasteiger partial charge in [-0.3, -0.25) is 10.1 Å². The smallest absolute Gasteiger partial charge is 0.268 e. The number of morpholine rings is 1. The Morgan fingerprint density at radius 1 is 1.14 bits per heavy atom. The number of hydrogen-bond donors (Lipinski definition) is 1. The summed E-state index contributed by atoms with van der Waals surface area (Å²) in [6, 6.07) is 19.6. The maximum atomic E-state index is 12.9. The maximum Gasteiger partial charge on any atom is 0.268 e. The van der Waals surface area contributed by atoms with Crippen LogP contribution in [0.4, 0.5) is 10.3 Å². The van der Waals surface area contributed by atoms with E-state index in [1.807, 2.05) is 66.9 Å². The van der Waals surface area contributed by atoms with Crippen LogP contribution in [-0.2, 0) is 16.1 Å². The van der Waals surface area contributed by atoms with E-state index in [-0.39, 0.29) is 5.57 Å². The van der Waals surface area contributed by atoms with E-state index in [0.717, 1.165) is 40.4 Å². The Labute approximate surface area is 212 Å². The van der Waals surface area contributed by atoms with Crippen LogP contribution in [-0.4, -0.2) is 53.6 Å². The second kappa shape index (κ2) is 11.0. The first-order valence-corrected chi connectivity index (χ1v) is 12.4. The van der Waals surface area contributed by atoms with E-state index in [1.165, 1.54) is 11.3 Å². The third kappa shape index (κ3) is 5.38. The molecular formula is C26H24N6O3S. The van der Waals surface area contributed by atoms with Gasteiger partial charge in [0.1, 0.15) is 24.0 Å². The highest BCUT2D eigenvalue weighted by Gasteiger charge is 2.18. The van der Waals surface area contributed by atoms with Crippen molar-refractivity contribution in [2.45, 2.75) is 6.54 Å². The summed E-state index contributed by atoms with van der Waals surface area (Å²) in [6.45, 7) is 3.83. The molecule has 0 saturated carbocycles. The number of carbonyl (C=O) groups excluding carboxylic acids is 1.